The van der Waals surface area contributed by atoms with E-state index in [-0.39, 0.29) is 11.9 Å². The van der Waals surface area contributed by atoms with E-state index >= 15 is 0 Å². The number of hydrogen-bond donors (Lipinski definition) is 2. The fourth-order valence-corrected chi connectivity index (χ4v) is 4.92. The van der Waals surface area contributed by atoms with E-state index in [4.69, 9.17) is 16.3 Å². The number of rotatable bonds is 1. The number of benzene rings is 3. The summed E-state index contributed by atoms with van der Waals surface area (Å²) in [5.74, 6) is 0.396. The van der Waals surface area contributed by atoms with E-state index in [1.807, 2.05) is 65.7 Å². The molecule has 0 fully saturated rings. The second kappa shape index (κ2) is 6.35. The fourth-order valence-electron chi connectivity index (χ4n) is 4.38. The molecule has 0 radical (unpaired) electrons. The summed E-state index contributed by atoms with van der Waals surface area (Å²) in [7, 11) is 0. The van der Waals surface area contributed by atoms with Crippen molar-refractivity contribution in [1.82, 2.24) is 10.4 Å². The Morgan fingerprint density at radius 2 is 1.90 bits per heavy atom. The predicted octanol–water partition coefficient (Wildman–Crippen LogP) is 5.20. The Morgan fingerprint density at radius 1 is 1.07 bits per heavy atom. The molecule has 7 heteroatoms. The summed E-state index contributed by atoms with van der Waals surface area (Å²) < 4.78 is 7.34. The molecule has 30 heavy (non-hydrogen) atoms. The molecule has 6 rings (SSSR count). The number of hydrazine groups is 1. The fraction of sp³-hybridized carbons (Fsp3) is 0.0870. The van der Waals surface area contributed by atoms with Crippen molar-refractivity contribution < 1.29 is 9.53 Å². The van der Waals surface area contributed by atoms with Gasteiger partial charge in [0.05, 0.1) is 17.4 Å². The second-order valence-electron chi connectivity index (χ2n) is 7.45. The summed E-state index contributed by atoms with van der Waals surface area (Å²) in [5.41, 5.74) is 6.42. The Bertz CT molecular complexity index is 1250. The molecule has 0 aromatic heterocycles. The summed E-state index contributed by atoms with van der Waals surface area (Å²) in [5, 5.41) is 5.47. The van der Waals surface area contributed by atoms with Gasteiger partial charge in [0.25, 0.3) is 11.6 Å². The lowest BCUT2D eigenvalue weighted by Crippen LogP contribution is -2.60. The SMILES string of the molecule is O=C1Nc2ccc(Br)cc2C12Oc1ccc(Cl)cc1C1C=C(c3ccccc3)NN12. The smallest absolute Gasteiger partial charge is 0.291 e. The van der Waals surface area contributed by atoms with Crippen LogP contribution in [0.3, 0.4) is 0 Å². The molecule has 0 saturated heterocycles. The van der Waals surface area contributed by atoms with Crippen LogP contribution in [-0.4, -0.2) is 10.9 Å². The summed E-state index contributed by atoms with van der Waals surface area (Å²) in [4.78, 5) is 13.4. The van der Waals surface area contributed by atoms with Gasteiger partial charge in [-0.05, 0) is 48.0 Å². The molecule has 2 unspecified atom stereocenters. The van der Waals surface area contributed by atoms with Crippen LogP contribution in [0, 0.1) is 0 Å². The van der Waals surface area contributed by atoms with Crippen LogP contribution in [0.1, 0.15) is 22.7 Å². The van der Waals surface area contributed by atoms with E-state index in [1.165, 1.54) is 0 Å². The Kier molecular flexibility index (Phi) is 3.81. The average Bonchev–Trinajstić information content (AvgIpc) is 3.31. The first-order valence-electron chi connectivity index (χ1n) is 9.49. The van der Waals surface area contributed by atoms with Crippen LogP contribution in [0.2, 0.25) is 5.02 Å². The van der Waals surface area contributed by atoms with Gasteiger partial charge in [0, 0.05) is 20.6 Å². The summed E-state index contributed by atoms with van der Waals surface area (Å²) in [6.45, 7) is 0. The van der Waals surface area contributed by atoms with Crippen molar-refractivity contribution in [2.24, 2.45) is 0 Å². The van der Waals surface area contributed by atoms with Gasteiger partial charge in [0.15, 0.2) is 0 Å². The van der Waals surface area contributed by atoms with Gasteiger partial charge in [0.2, 0.25) is 0 Å². The number of halogens is 2. The molecule has 1 spiro atoms. The van der Waals surface area contributed by atoms with E-state index in [2.05, 4.69) is 32.7 Å². The molecule has 1 amide bonds. The number of carbonyl (C=O) groups is 1. The first kappa shape index (κ1) is 18.0. The quantitative estimate of drug-likeness (QED) is 0.502. The summed E-state index contributed by atoms with van der Waals surface area (Å²) in [6.07, 6.45) is 2.11. The largest absolute Gasteiger partial charge is 0.457 e. The van der Waals surface area contributed by atoms with Crippen LogP contribution < -0.4 is 15.5 Å². The van der Waals surface area contributed by atoms with Crippen LogP contribution in [0.4, 0.5) is 5.69 Å². The maximum Gasteiger partial charge on any atom is 0.291 e. The number of fused-ring (bicyclic) bond motifs is 6. The maximum atomic E-state index is 13.4. The van der Waals surface area contributed by atoms with E-state index in [1.54, 1.807) is 6.07 Å². The lowest BCUT2D eigenvalue weighted by molar-refractivity contribution is -0.165. The van der Waals surface area contributed by atoms with E-state index in [0.29, 0.717) is 10.8 Å². The minimum absolute atomic E-state index is 0.238. The van der Waals surface area contributed by atoms with Gasteiger partial charge >= 0.3 is 0 Å². The van der Waals surface area contributed by atoms with Gasteiger partial charge < -0.3 is 15.5 Å². The third-order valence-electron chi connectivity index (χ3n) is 5.72. The van der Waals surface area contributed by atoms with Gasteiger partial charge in [-0.3, -0.25) is 4.79 Å². The highest BCUT2D eigenvalue weighted by molar-refractivity contribution is 9.10. The second-order valence-corrected chi connectivity index (χ2v) is 8.80. The van der Waals surface area contributed by atoms with Crippen molar-refractivity contribution >= 4 is 44.8 Å². The zero-order chi connectivity index (χ0) is 20.5. The van der Waals surface area contributed by atoms with Gasteiger partial charge in [-0.25, -0.2) is 0 Å². The number of ether oxygens (including phenoxy) is 1. The molecule has 0 bridgehead atoms. The molecule has 0 saturated carbocycles. The monoisotopic (exact) mass is 479 g/mol. The number of nitrogens with zero attached hydrogens (tertiary/aromatic N) is 1. The molecule has 3 aliphatic heterocycles. The minimum Gasteiger partial charge on any atom is -0.457 e. The maximum absolute atomic E-state index is 13.4. The van der Waals surface area contributed by atoms with Gasteiger partial charge in [-0.1, -0.05) is 57.9 Å². The third kappa shape index (κ3) is 2.41. The molecule has 2 atom stereocenters. The Hall–Kier alpha value is -2.80. The zero-order valence-corrected chi connectivity index (χ0v) is 17.9. The van der Waals surface area contributed by atoms with E-state index in [0.717, 1.165) is 32.5 Å². The van der Waals surface area contributed by atoms with Crippen LogP contribution in [0.25, 0.3) is 5.70 Å². The molecule has 2 N–H and O–H groups in total. The third-order valence-corrected chi connectivity index (χ3v) is 6.45. The molecule has 148 valence electrons. The zero-order valence-electron chi connectivity index (χ0n) is 15.5. The Labute approximate surface area is 186 Å². The molecule has 0 aliphatic carbocycles. The molecule has 3 aromatic carbocycles. The first-order chi connectivity index (χ1) is 14.6. The molecular weight excluding hydrogens is 466 g/mol. The van der Waals surface area contributed by atoms with E-state index < -0.39 is 5.72 Å². The van der Waals surface area contributed by atoms with Crippen LogP contribution in [0.15, 0.2) is 77.3 Å². The molecular formula is C23H15BrClN3O2. The molecule has 3 aliphatic rings. The normalized spacial score (nSPS) is 23.7. The summed E-state index contributed by atoms with van der Waals surface area (Å²) in [6, 6.07) is 21.0. The van der Waals surface area contributed by atoms with Crippen LogP contribution >= 0.6 is 27.5 Å². The van der Waals surface area contributed by atoms with Crippen molar-refractivity contribution in [1.29, 1.82) is 0 Å². The molecule has 5 nitrogen and oxygen atoms in total. The highest BCUT2D eigenvalue weighted by Gasteiger charge is 2.60. The lowest BCUT2D eigenvalue weighted by atomic mass is 9.95. The van der Waals surface area contributed by atoms with Gasteiger partial charge in [-0.2, -0.15) is 5.01 Å². The number of carbonyl (C=O) groups excluding carboxylic acids is 1. The number of hydrogen-bond acceptors (Lipinski definition) is 4. The standard InChI is InChI=1S/C23H15BrClN3O2/c24-14-6-8-18-17(10-14)23(22(29)26-18)28-20(16-11-15(25)7-9-21(16)30-23)12-19(27-28)13-4-2-1-3-5-13/h1-12,20,27H,(H,26,29). The lowest BCUT2D eigenvalue weighted by Gasteiger charge is -2.44. The molecule has 3 heterocycles. The van der Waals surface area contributed by atoms with Gasteiger partial charge in [0.1, 0.15) is 5.75 Å². The van der Waals surface area contributed by atoms with E-state index in [9.17, 15) is 4.79 Å². The van der Waals surface area contributed by atoms with Crippen molar-refractivity contribution in [2.75, 3.05) is 5.32 Å². The number of nitrogens with one attached hydrogen (secondary N) is 2. The molecule has 3 aromatic rings. The number of amides is 1. The van der Waals surface area contributed by atoms with Gasteiger partial charge in [-0.15, -0.1) is 0 Å². The predicted molar refractivity (Wildman–Crippen MR) is 119 cm³/mol. The topological polar surface area (TPSA) is 53.6 Å². The summed E-state index contributed by atoms with van der Waals surface area (Å²) >= 11 is 9.83. The number of anilines is 1. The highest BCUT2D eigenvalue weighted by atomic mass is 79.9. The Balaban J connectivity index is 1.58. The van der Waals surface area contributed by atoms with Crippen molar-refractivity contribution in [2.45, 2.75) is 11.8 Å². The Morgan fingerprint density at radius 3 is 2.73 bits per heavy atom. The first-order valence-corrected chi connectivity index (χ1v) is 10.7. The average molecular weight is 481 g/mol. The van der Waals surface area contributed by atoms with Crippen molar-refractivity contribution in [3.63, 3.8) is 0 Å². The van der Waals surface area contributed by atoms with Crippen molar-refractivity contribution in [3.8, 4) is 5.75 Å². The van der Waals surface area contributed by atoms with Crippen LogP contribution in [0.5, 0.6) is 5.75 Å². The highest BCUT2D eigenvalue weighted by Crippen LogP contribution is 2.53. The van der Waals surface area contributed by atoms with Crippen LogP contribution in [-0.2, 0) is 10.5 Å². The van der Waals surface area contributed by atoms with Crippen molar-refractivity contribution in [3.05, 3.63) is 99.0 Å². The minimum atomic E-state index is -1.35.